The van der Waals surface area contributed by atoms with Gasteiger partial charge < -0.3 is 80.0 Å². The lowest BCUT2D eigenvalue weighted by Gasteiger charge is -2.29. The Kier molecular flexibility index (Phi) is 29.0. The van der Waals surface area contributed by atoms with Gasteiger partial charge in [-0.05, 0) is 79.9 Å². The third kappa shape index (κ3) is 26.6. The van der Waals surface area contributed by atoms with Gasteiger partial charge in [-0.25, -0.2) is 9.78 Å². The fourth-order valence-corrected chi connectivity index (χ4v) is 8.26. The number of carboxylic acids is 2. The number of aliphatic carboxylic acids is 2. The standard InChI is InChI=1S/C53H83N13O15/c1-26(2)17-35(60-45(72)33(54)13-15-42(55)68)48(75)64-39(22-31-24-57-25-58-31)51(78)63-38(21-30-9-11-32(67)12-10-30)50(77)65-40(23-44(70)71)52(79)62-37(19-28(5)6)49(76)61-36(18-27(3)4)47(74)59-34(14-16-43(56)69)46(73)66-41(53(80)81)20-29(7)8/h9-12,24-29,33-41,67H,13-23,54H2,1-8H3,(H2,55,68)(H2,56,69)(H,57,58)(H,59,74)(H,60,72)(H,61,76)(H,62,79)(H,63,78)(H,64,75)(H,65,77)(H,66,73)(H,70,71)(H,80,81)/t33-,34-,35-,36-,37-,38-,39-,40-,41-/m0/s1. The fraction of sp³-hybridized carbons (Fsp3) is 0.604. The first-order chi connectivity index (χ1) is 37.8. The van der Waals surface area contributed by atoms with E-state index in [0.717, 1.165) is 0 Å². The third-order valence-corrected chi connectivity index (χ3v) is 12.3. The van der Waals surface area contributed by atoms with E-state index < -0.39 is 132 Å². The largest absolute Gasteiger partial charge is 0.508 e. The van der Waals surface area contributed by atoms with Crippen LogP contribution in [0.15, 0.2) is 36.8 Å². The number of aromatic amines is 1. The number of hydrogen-bond acceptors (Lipinski definition) is 15. The molecule has 0 aliphatic rings. The number of phenols is 1. The van der Waals surface area contributed by atoms with Crippen LogP contribution in [0, 0.1) is 23.7 Å². The van der Waals surface area contributed by atoms with Crippen molar-refractivity contribution in [3.63, 3.8) is 0 Å². The van der Waals surface area contributed by atoms with E-state index in [1.807, 2.05) is 0 Å². The molecule has 1 aromatic carbocycles. The minimum Gasteiger partial charge on any atom is -0.508 e. The third-order valence-electron chi connectivity index (χ3n) is 12.3. The molecule has 0 radical (unpaired) electrons. The number of benzene rings is 1. The molecular formula is C53H83N13O15. The predicted octanol–water partition coefficient (Wildman–Crippen LogP) is -1.62. The summed E-state index contributed by atoms with van der Waals surface area (Å²) in [5.74, 6) is -13.1. The Morgan fingerprint density at radius 3 is 1.26 bits per heavy atom. The highest BCUT2D eigenvalue weighted by molar-refractivity contribution is 5.99. The molecule has 10 amide bonds. The van der Waals surface area contributed by atoms with Crippen LogP contribution in [-0.2, 0) is 70.4 Å². The number of phenolic OH excluding ortho intramolecular Hbond substituents is 1. The van der Waals surface area contributed by atoms with Crippen LogP contribution >= 0.6 is 0 Å². The maximum atomic E-state index is 14.5. The maximum absolute atomic E-state index is 14.5. The van der Waals surface area contributed by atoms with E-state index in [1.54, 1.807) is 55.4 Å². The number of aromatic nitrogens is 2. The summed E-state index contributed by atoms with van der Waals surface area (Å²) < 4.78 is 0. The van der Waals surface area contributed by atoms with Gasteiger partial charge in [0.15, 0.2) is 0 Å². The van der Waals surface area contributed by atoms with Gasteiger partial charge in [-0.1, -0.05) is 67.5 Å². The average molecular weight is 1140 g/mol. The van der Waals surface area contributed by atoms with Crippen LogP contribution in [0.1, 0.15) is 124 Å². The van der Waals surface area contributed by atoms with Crippen molar-refractivity contribution in [2.45, 2.75) is 180 Å². The Hall–Kier alpha value is -8.17. The highest BCUT2D eigenvalue weighted by atomic mass is 16.4. The van der Waals surface area contributed by atoms with Crippen LogP contribution < -0.4 is 59.7 Å². The minimum absolute atomic E-state index is 0.0308. The number of nitrogens with one attached hydrogen (secondary N) is 9. The second kappa shape index (κ2) is 34.1. The van der Waals surface area contributed by atoms with Crippen LogP contribution in [0.25, 0.3) is 0 Å². The zero-order chi connectivity index (χ0) is 61.3. The number of aromatic hydroxyl groups is 1. The summed E-state index contributed by atoms with van der Waals surface area (Å²) in [4.78, 5) is 166. The maximum Gasteiger partial charge on any atom is 0.326 e. The van der Waals surface area contributed by atoms with Crippen LogP contribution in [0.4, 0.5) is 0 Å². The monoisotopic (exact) mass is 1140 g/mol. The lowest BCUT2D eigenvalue weighted by Crippen LogP contribution is -2.61. The topological polar surface area (TPSA) is 469 Å². The molecule has 9 atom stereocenters. The molecule has 2 rings (SSSR count). The van der Waals surface area contributed by atoms with Crippen molar-refractivity contribution >= 4 is 71.0 Å². The highest BCUT2D eigenvalue weighted by Crippen LogP contribution is 2.16. The molecule has 18 N–H and O–H groups in total. The second-order valence-electron chi connectivity index (χ2n) is 21.7. The van der Waals surface area contributed by atoms with Crippen molar-refractivity contribution in [2.24, 2.45) is 40.9 Å². The van der Waals surface area contributed by atoms with Gasteiger partial charge in [0.2, 0.25) is 59.1 Å². The number of amides is 10. The number of carbonyl (C=O) groups excluding carboxylic acids is 10. The van der Waals surface area contributed by atoms with Gasteiger partial charge in [0.25, 0.3) is 0 Å². The van der Waals surface area contributed by atoms with E-state index in [0.29, 0.717) is 11.3 Å². The first-order valence-electron chi connectivity index (χ1n) is 26.8. The van der Waals surface area contributed by atoms with Crippen molar-refractivity contribution in [2.75, 3.05) is 0 Å². The van der Waals surface area contributed by atoms with Crippen molar-refractivity contribution in [1.29, 1.82) is 0 Å². The van der Waals surface area contributed by atoms with E-state index >= 15 is 0 Å². The molecule has 450 valence electrons. The van der Waals surface area contributed by atoms with Crippen molar-refractivity contribution in [3.8, 4) is 5.75 Å². The Morgan fingerprint density at radius 2 is 0.840 bits per heavy atom. The molecule has 0 spiro atoms. The number of nitrogens with two attached hydrogens (primary N) is 3. The number of hydrogen-bond donors (Lipinski definition) is 15. The summed E-state index contributed by atoms with van der Waals surface area (Å²) in [6, 6.07) is -7.73. The molecular weight excluding hydrogens is 1060 g/mol. The first kappa shape index (κ1) is 68.9. The van der Waals surface area contributed by atoms with Gasteiger partial charge in [-0.3, -0.25) is 52.7 Å². The quantitative estimate of drug-likeness (QED) is 0.0362. The van der Waals surface area contributed by atoms with Gasteiger partial charge in [-0.2, -0.15) is 0 Å². The summed E-state index contributed by atoms with van der Waals surface area (Å²) in [5.41, 5.74) is 17.2. The molecule has 81 heavy (non-hydrogen) atoms. The highest BCUT2D eigenvalue weighted by Gasteiger charge is 2.37. The SMILES string of the molecule is CC(C)C[C@H](NC(=O)[C@H](CCC(N)=O)NC(=O)[C@H](CC(C)C)NC(=O)[C@H](CC(C)C)NC(=O)[C@H](CC(=O)O)NC(=O)[C@H](Cc1ccc(O)cc1)NC(=O)[C@H](Cc1cnc[nH]1)NC(=O)[C@H](CC(C)C)NC(=O)[C@@H](N)CCC(N)=O)C(=O)O. The minimum atomic E-state index is -1.92. The van der Waals surface area contributed by atoms with E-state index in [-0.39, 0.29) is 93.6 Å². The molecule has 0 saturated carbocycles. The molecule has 0 bridgehead atoms. The van der Waals surface area contributed by atoms with Crippen molar-refractivity contribution in [1.82, 2.24) is 52.5 Å². The Morgan fingerprint density at radius 1 is 0.481 bits per heavy atom. The van der Waals surface area contributed by atoms with Crippen molar-refractivity contribution < 1.29 is 72.9 Å². The number of H-pyrrole nitrogens is 1. The molecule has 28 heteroatoms. The number of primary amides is 2. The van der Waals surface area contributed by atoms with Crippen LogP contribution in [0.2, 0.25) is 0 Å². The summed E-state index contributed by atoms with van der Waals surface area (Å²) in [5, 5.41) is 49.9. The summed E-state index contributed by atoms with van der Waals surface area (Å²) in [7, 11) is 0. The zero-order valence-electron chi connectivity index (χ0n) is 47.2. The van der Waals surface area contributed by atoms with Gasteiger partial charge in [-0.15, -0.1) is 0 Å². The lowest BCUT2D eigenvalue weighted by atomic mass is 9.99. The molecule has 0 fully saturated rings. The van der Waals surface area contributed by atoms with Crippen LogP contribution in [0.3, 0.4) is 0 Å². The van der Waals surface area contributed by atoms with E-state index in [1.165, 1.54) is 36.8 Å². The van der Waals surface area contributed by atoms with Crippen LogP contribution in [0.5, 0.6) is 5.75 Å². The van der Waals surface area contributed by atoms with E-state index in [4.69, 9.17) is 17.2 Å². The van der Waals surface area contributed by atoms with Crippen LogP contribution in [-0.4, -0.2) is 151 Å². The normalized spacial score (nSPS) is 14.6. The molecule has 0 saturated heterocycles. The first-order valence-corrected chi connectivity index (χ1v) is 26.8. The summed E-state index contributed by atoms with van der Waals surface area (Å²) >= 11 is 0. The lowest BCUT2D eigenvalue weighted by molar-refractivity contribution is -0.143. The summed E-state index contributed by atoms with van der Waals surface area (Å²) in [6.07, 6.45) is 0.0335. The average Bonchev–Trinajstić information content (AvgIpc) is 3.91. The van der Waals surface area contributed by atoms with Gasteiger partial charge in [0, 0.05) is 37.6 Å². The zero-order valence-corrected chi connectivity index (χ0v) is 47.2. The number of carboxylic acid groups (broad SMARTS) is 2. The summed E-state index contributed by atoms with van der Waals surface area (Å²) in [6.45, 7) is 13.9. The molecule has 1 aromatic heterocycles. The number of nitrogens with zero attached hydrogens (tertiary/aromatic N) is 1. The molecule has 0 aliphatic heterocycles. The second-order valence-corrected chi connectivity index (χ2v) is 21.7. The van der Waals surface area contributed by atoms with Gasteiger partial charge in [0.1, 0.15) is 54.1 Å². The smallest absolute Gasteiger partial charge is 0.326 e. The molecule has 1 heterocycles. The fourth-order valence-electron chi connectivity index (χ4n) is 8.26. The van der Waals surface area contributed by atoms with Crippen molar-refractivity contribution in [3.05, 3.63) is 48.0 Å². The molecule has 0 unspecified atom stereocenters. The Labute approximate surface area is 470 Å². The van der Waals surface area contributed by atoms with E-state index in [2.05, 4.69) is 52.5 Å². The van der Waals surface area contributed by atoms with E-state index in [9.17, 15) is 72.9 Å². The Balaban J connectivity index is 2.53. The van der Waals surface area contributed by atoms with Gasteiger partial charge in [0.05, 0.1) is 18.8 Å². The number of carbonyl (C=O) groups is 12. The van der Waals surface area contributed by atoms with Gasteiger partial charge >= 0.3 is 11.9 Å². The molecule has 2 aromatic rings. The Bertz CT molecular complexity index is 2470. The number of rotatable bonds is 37. The number of imidazole rings is 1. The predicted molar refractivity (Wildman–Crippen MR) is 292 cm³/mol. The molecule has 28 nitrogen and oxygen atoms in total. The molecule has 0 aliphatic carbocycles.